The van der Waals surface area contributed by atoms with E-state index in [1.807, 2.05) is 0 Å². The largest absolute Gasteiger partial charge is 0.434 e. The maximum Gasteiger partial charge on any atom is 0.434 e. The van der Waals surface area contributed by atoms with E-state index in [-0.39, 0.29) is 11.5 Å². The highest BCUT2D eigenvalue weighted by Gasteiger charge is 2.75. The Kier molecular flexibility index (Phi) is 6.24. The summed E-state index contributed by atoms with van der Waals surface area (Å²) in [7, 11) is 0. The van der Waals surface area contributed by atoms with E-state index in [0.717, 1.165) is 16.7 Å². The van der Waals surface area contributed by atoms with Gasteiger partial charge in [0.05, 0.1) is 6.10 Å². The van der Waals surface area contributed by atoms with E-state index in [4.69, 9.17) is 4.74 Å². The van der Waals surface area contributed by atoms with Crippen LogP contribution in [0.2, 0.25) is 0 Å². The minimum atomic E-state index is -5.78. The fraction of sp³-hybridized carbons (Fsp3) is 0.667. The molecule has 26 heavy (non-hydrogen) atoms. The Hall–Kier alpha value is -1.33. The molecule has 0 saturated carbocycles. The predicted molar refractivity (Wildman–Crippen MR) is 82.4 cm³/mol. The van der Waals surface area contributed by atoms with Crippen LogP contribution < -0.4 is 5.32 Å². The molecule has 1 atom stereocenters. The Morgan fingerprint density at radius 3 is 2.38 bits per heavy atom. The normalized spacial score (nSPS) is 19.2. The van der Waals surface area contributed by atoms with Crippen molar-refractivity contribution in [3.8, 4) is 0 Å². The molecule has 0 aliphatic carbocycles. The van der Waals surface area contributed by atoms with Gasteiger partial charge in [-0.15, -0.1) is 11.3 Å². The Morgan fingerprint density at radius 1 is 1.31 bits per heavy atom. The average molecular weight is 404 g/mol. The van der Waals surface area contributed by atoms with Gasteiger partial charge in [0.1, 0.15) is 0 Å². The summed E-state index contributed by atoms with van der Waals surface area (Å²) < 4.78 is 87.9. The van der Waals surface area contributed by atoms with Crippen LogP contribution in [0.25, 0.3) is 0 Å². The van der Waals surface area contributed by atoms with E-state index in [9.17, 15) is 31.1 Å². The third-order valence-corrected chi connectivity index (χ3v) is 4.89. The fourth-order valence-corrected chi connectivity index (χ4v) is 3.66. The van der Waals surface area contributed by atoms with E-state index >= 15 is 0 Å². The highest BCUT2D eigenvalue weighted by atomic mass is 32.1. The quantitative estimate of drug-likeness (QED) is 0.581. The van der Waals surface area contributed by atoms with Gasteiger partial charge in [-0.3, -0.25) is 9.69 Å². The van der Waals surface area contributed by atoms with E-state index < -0.39 is 43.1 Å². The second-order valence-corrected chi connectivity index (χ2v) is 7.01. The smallest absolute Gasteiger partial charge is 0.377 e. The van der Waals surface area contributed by atoms with Crippen molar-refractivity contribution >= 4 is 17.2 Å². The van der Waals surface area contributed by atoms with Crippen molar-refractivity contribution in [2.75, 3.05) is 13.2 Å². The highest BCUT2D eigenvalue weighted by Crippen LogP contribution is 2.46. The molecule has 0 bridgehead atoms. The van der Waals surface area contributed by atoms with Crippen LogP contribution in [0.1, 0.15) is 24.6 Å². The second-order valence-electron chi connectivity index (χ2n) is 5.98. The first-order valence-corrected chi connectivity index (χ1v) is 8.66. The summed E-state index contributed by atoms with van der Waals surface area (Å²) in [4.78, 5) is 11.9. The van der Waals surface area contributed by atoms with Gasteiger partial charge in [0.25, 0.3) is 5.66 Å². The van der Waals surface area contributed by atoms with Crippen LogP contribution in [0.5, 0.6) is 0 Å². The SMILES string of the molecule is CC(=O)NC(N(Cc1cccs1)C[C@@H]1CCCO1)(C(F)(F)F)C(F)(F)F. The first-order valence-electron chi connectivity index (χ1n) is 7.78. The van der Waals surface area contributed by atoms with Crippen molar-refractivity contribution in [3.63, 3.8) is 0 Å². The number of amides is 1. The molecule has 0 aromatic carbocycles. The van der Waals surface area contributed by atoms with Crippen LogP contribution in [0.4, 0.5) is 26.3 Å². The molecular weight excluding hydrogens is 386 g/mol. The lowest BCUT2D eigenvalue weighted by atomic mass is 10.0. The van der Waals surface area contributed by atoms with Gasteiger partial charge in [0, 0.05) is 31.5 Å². The molecule has 1 aliphatic heterocycles. The Labute approximate surface area is 150 Å². The number of carbonyl (C=O) groups excluding carboxylic acids is 1. The minimum Gasteiger partial charge on any atom is -0.377 e. The first kappa shape index (κ1) is 21.0. The van der Waals surface area contributed by atoms with Crippen molar-refractivity contribution in [3.05, 3.63) is 22.4 Å². The highest BCUT2D eigenvalue weighted by molar-refractivity contribution is 7.09. The zero-order valence-electron chi connectivity index (χ0n) is 13.8. The monoisotopic (exact) mass is 404 g/mol. The van der Waals surface area contributed by atoms with E-state index in [1.165, 1.54) is 12.1 Å². The summed E-state index contributed by atoms with van der Waals surface area (Å²) >= 11 is 1.04. The molecule has 2 rings (SSSR count). The molecule has 0 radical (unpaired) electrons. The molecule has 1 aromatic heterocycles. The molecule has 4 nitrogen and oxygen atoms in total. The van der Waals surface area contributed by atoms with Gasteiger partial charge < -0.3 is 10.1 Å². The zero-order valence-corrected chi connectivity index (χ0v) is 14.6. The maximum absolute atomic E-state index is 13.8. The van der Waals surface area contributed by atoms with Gasteiger partial charge >= 0.3 is 12.4 Å². The summed E-state index contributed by atoms with van der Waals surface area (Å²) in [6.45, 7) is -0.335. The molecule has 1 saturated heterocycles. The van der Waals surface area contributed by atoms with Crippen molar-refractivity contribution in [2.45, 2.75) is 50.4 Å². The first-order chi connectivity index (χ1) is 12.0. The van der Waals surface area contributed by atoms with Gasteiger partial charge in [0.15, 0.2) is 0 Å². The number of hydrogen-bond donors (Lipinski definition) is 1. The van der Waals surface area contributed by atoms with Crippen LogP contribution in [0, 0.1) is 0 Å². The number of hydrogen-bond acceptors (Lipinski definition) is 4. The van der Waals surface area contributed by atoms with Crippen LogP contribution in [-0.4, -0.2) is 48.1 Å². The summed E-state index contributed by atoms with van der Waals surface area (Å²) in [6.07, 6.45) is -11.4. The fourth-order valence-electron chi connectivity index (χ4n) is 2.94. The number of halogens is 6. The number of ether oxygens (including phenoxy) is 1. The lowest BCUT2D eigenvalue weighted by molar-refractivity contribution is -0.352. The number of carbonyl (C=O) groups is 1. The summed E-state index contributed by atoms with van der Waals surface area (Å²) in [6, 6.07) is 2.98. The molecular formula is C15H18F6N2O2S. The minimum absolute atomic E-state index is 0.218. The van der Waals surface area contributed by atoms with Crippen LogP contribution in [0.3, 0.4) is 0 Å². The summed E-state index contributed by atoms with van der Waals surface area (Å²) in [5.74, 6) is -1.43. The van der Waals surface area contributed by atoms with E-state index in [0.29, 0.717) is 24.6 Å². The predicted octanol–water partition coefficient (Wildman–Crippen LogP) is 3.69. The number of nitrogens with one attached hydrogen (secondary N) is 1. The summed E-state index contributed by atoms with van der Waals surface area (Å²) in [5.41, 5.74) is -4.50. The zero-order chi connectivity index (χ0) is 19.6. The van der Waals surface area contributed by atoms with Crippen molar-refractivity contribution in [2.24, 2.45) is 0 Å². The third kappa shape index (κ3) is 4.32. The molecule has 1 amide bonds. The van der Waals surface area contributed by atoms with E-state index in [2.05, 4.69) is 0 Å². The lowest BCUT2D eigenvalue weighted by Gasteiger charge is -2.46. The topological polar surface area (TPSA) is 41.6 Å². The summed E-state index contributed by atoms with van der Waals surface area (Å²) in [5, 5.41) is 2.70. The van der Waals surface area contributed by atoms with Crippen molar-refractivity contribution in [1.29, 1.82) is 0 Å². The molecule has 1 fully saturated rings. The van der Waals surface area contributed by atoms with Gasteiger partial charge in [-0.05, 0) is 24.3 Å². The molecule has 0 unspecified atom stereocenters. The molecule has 1 aromatic rings. The van der Waals surface area contributed by atoms with Crippen molar-refractivity contribution < 1.29 is 35.9 Å². The Morgan fingerprint density at radius 2 is 1.96 bits per heavy atom. The standard InChI is InChI=1S/C15H18F6N2O2S/c1-10(24)22-13(14(16,17)18,15(19,20)21)23(8-11-4-2-6-25-11)9-12-5-3-7-26-12/h3,5,7,11H,2,4,6,8-9H2,1H3,(H,22,24)/t11-/m0/s1. The van der Waals surface area contributed by atoms with Gasteiger partial charge in [-0.25, -0.2) is 0 Å². The van der Waals surface area contributed by atoms with Crippen molar-refractivity contribution in [1.82, 2.24) is 10.2 Å². The van der Waals surface area contributed by atoms with E-state index in [1.54, 1.807) is 5.38 Å². The maximum atomic E-state index is 13.8. The molecule has 1 N–H and O–H groups in total. The molecule has 148 valence electrons. The van der Waals surface area contributed by atoms with Gasteiger partial charge in [-0.1, -0.05) is 6.07 Å². The van der Waals surface area contributed by atoms with Gasteiger partial charge in [0.2, 0.25) is 5.91 Å². The van der Waals surface area contributed by atoms with Crippen LogP contribution in [0.15, 0.2) is 17.5 Å². The second kappa shape index (κ2) is 7.73. The molecule has 1 aliphatic rings. The average Bonchev–Trinajstić information content (AvgIpc) is 3.14. The third-order valence-electron chi connectivity index (χ3n) is 4.03. The molecule has 11 heteroatoms. The number of rotatable bonds is 6. The lowest BCUT2D eigenvalue weighted by Crippen LogP contribution is -2.76. The number of alkyl halides is 6. The van der Waals surface area contributed by atoms with Gasteiger partial charge in [-0.2, -0.15) is 26.3 Å². The Bertz CT molecular complexity index is 582. The molecule has 2 heterocycles. The molecule has 0 spiro atoms. The Balaban J connectivity index is 2.51. The van der Waals surface area contributed by atoms with Crippen LogP contribution in [-0.2, 0) is 16.1 Å². The van der Waals surface area contributed by atoms with Crippen LogP contribution >= 0.6 is 11.3 Å². The number of nitrogens with zero attached hydrogens (tertiary/aromatic N) is 1. The number of thiophene rings is 1.